The number of hydrogen-bond acceptors (Lipinski definition) is 5. The van der Waals surface area contributed by atoms with Gasteiger partial charge in [-0.25, -0.2) is 9.97 Å². The van der Waals surface area contributed by atoms with E-state index in [1.54, 1.807) is 24.5 Å². The lowest BCUT2D eigenvalue weighted by Gasteiger charge is -2.35. The van der Waals surface area contributed by atoms with Gasteiger partial charge in [0, 0.05) is 30.1 Å². The lowest BCUT2D eigenvalue weighted by Crippen LogP contribution is -3.14. The first-order valence-electron chi connectivity index (χ1n) is 7.76. The molecule has 1 aliphatic rings. The molecule has 7 nitrogen and oxygen atoms in total. The molecule has 120 valence electrons. The van der Waals surface area contributed by atoms with Crippen molar-refractivity contribution < 1.29 is 9.82 Å². The SMILES string of the molecule is C[C@@H](c1cccc([N+](=O)[O-])c1)[NH+]1CCN(c2ncccn2)CC1. The smallest absolute Gasteiger partial charge is 0.269 e. The molecule has 1 saturated heterocycles. The predicted molar refractivity (Wildman–Crippen MR) is 86.5 cm³/mol. The third-order valence-corrected chi connectivity index (χ3v) is 4.43. The number of rotatable bonds is 4. The summed E-state index contributed by atoms with van der Waals surface area (Å²) in [5.74, 6) is 0.773. The van der Waals surface area contributed by atoms with E-state index in [1.165, 1.54) is 11.0 Å². The lowest BCUT2D eigenvalue weighted by molar-refractivity contribution is -0.930. The molecule has 1 atom stereocenters. The van der Waals surface area contributed by atoms with Crippen LogP contribution in [0.3, 0.4) is 0 Å². The second-order valence-electron chi connectivity index (χ2n) is 5.77. The van der Waals surface area contributed by atoms with Crippen LogP contribution in [0.5, 0.6) is 0 Å². The average molecular weight is 314 g/mol. The molecule has 7 heteroatoms. The van der Waals surface area contributed by atoms with Crippen molar-refractivity contribution in [2.45, 2.75) is 13.0 Å². The quantitative estimate of drug-likeness (QED) is 0.669. The van der Waals surface area contributed by atoms with Crippen molar-refractivity contribution in [2.75, 3.05) is 31.1 Å². The number of benzene rings is 1. The number of nitro groups is 1. The summed E-state index contributed by atoms with van der Waals surface area (Å²) in [4.78, 5) is 22.8. The molecule has 2 aromatic rings. The van der Waals surface area contributed by atoms with E-state index in [2.05, 4.69) is 21.8 Å². The normalized spacial score (nSPS) is 17.0. The molecule has 1 aliphatic heterocycles. The van der Waals surface area contributed by atoms with Crippen LogP contribution < -0.4 is 9.80 Å². The molecule has 0 saturated carbocycles. The molecular formula is C16H20N5O2+. The molecule has 0 bridgehead atoms. The molecule has 1 aromatic heterocycles. The van der Waals surface area contributed by atoms with Crippen molar-refractivity contribution in [3.63, 3.8) is 0 Å². The Morgan fingerprint density at radius 1 is 1.22 bits per heavy atom. The summed E-state index contributed by atoms with van der Waals surface area (Å²) >= 11 is 0. The van der Waals surface area contributed by atoms with E-state index in [9.17, 15) is 10.1 Å². The number of nitrogens with zero attached hydrogens (tertiary/aromatic N) is 4. The number of piperazine rings is 1. The molecular weight excluding hydrogens is 294 g/mol. The zero-order valence-electron chi connectivity index (χ0n) is 13.1. The Kier molecular flexibility index (Phi) is 4.47. The van der Waals surface area contributed by atoms with Gasteiger partial charge in [0.1, 0.15) is 6.04 Å². The summed E-state index contributed by atoms with van der Waals surface area (Å²) < 4.78 is 0. The largest absolute Gasteiger partial charge is 0.330 e. The highest BCUT2D eigenvalue weighted by molar-refractivity contribution is 5.35. The fourth-order valence-electron chi connectivity index (χ4n) is 3.02. The van der Waals surface area contributed by atoms with Gasteiger partial charge in [-0.1, -0.05) is 12.1 Å². The van der Waals surface area contributed by atoms with Crippen LogP contribution in [-0.2, 0) is 0 Å². The van der Waals surface area contributed by atoms with Gasteiger partial charge in [0.15, 0.2) is 0 Å². The van der Waals surface area contributed by atoms with Crippen molar-refractivity contribution in [1.82, 2.24) is 9.97 Å². The van der Waals surface area contributed by atoms with Crippen molar-refractivity contribution in [1.29, 1.82) is 0 Å². The van der Waals surface area contributed by atoms with E-state index in [4.69, 9.17) is 0 Å². The summed E-state index contributed by atoms with van der Waals surface area (Å²) in [6, 6.07) is 9.00. The van der Waals surface area contributed by atoms with Gasteiger partial charge in [-0.2, -0.15) is 0 Å². The van der Waals surface area contributed by atoms with Gasteiger partial charge in [-0.15, -0.1) is 0 Å². The van der Waals surface area contributed by atoms with Crippen LogP contribution >= 0.6 is 0 Å². The Morgan fingerprint density at radius 3 is 2.57 bits per heavy atom. The first-order valence-corrected chi connectivity index (χ1v) is 7.76. The summed E-state index contributed by atoms with van der Waals surface area (Å²) in [5.41, 5.74) is 1.17. The fourth-order valence-corrected chi connectivity index (χ4v) is 3.02. The van der Waals surface area contributed by atoms with Crippen LogP contribution in [0, 0.1) is 10.1 Å². The highest BCUT2D eigenvalue weighted by atomic mass is 16.6. The minimum atomic E-state index is -0.337. The maximum Gasteiger partial charge on any atom is 0.269 e. The number of nitrogens with one attached hydrogen (secondary N) is 1. The fraction of sp³-hybridized carbons (Fsp3) is 0.375. The second kappa shape index (κ2) is 6.70. The molecule has 23 heavy (non-hydrogen) atoms. The maximum atomic E-state index is 10.9. The Bertz CT molecular complexity index is 671. The van der Waals surface area contributed by atoms with E-state index in [0.29, 0.717) is 0 Å². The Morgan fingerprint density at radius 2 is 1.91 bits per heavy atom. The molecule has 0 spiro atoms. The van der Waals surface area contributed by atoms with Gasteiger partial charge in [0.05, 0.1) is 31.1 Å². The predicted octanol–water partition coefficient (Wildman–Crippen LogP) is 0.851. The van der Waals surface area contributed by atoms with Gasteiger partial charge < -0.3 is 9.80 Å². The second-order valence-corrected chi connectivity index (χ2v) is 5.77. The van der Waals surface area contributed by atoms with E-state index < -0.39 is 0 Å². The topological polar surface area (TPSA) is 76.6 Å². The third-order valence-electron chi connectivity index (χ3n) is 4.43. The van der Waals surface area contributed by atoms with Crippen LogP contribution in [-0.4, -0.2) is 41.1 Å². The number of nitro benzene ring substituents is 1. The lowest BCUT2D eigenvalue weighted by atomic mass is 10.1. The number of aromatic nitrogens is 2. The number of hydrogen-bond donors (Lipinski definition) is 1. The molecule has 2 heterocycles. The monoisotopic (exact) mass is 314 g/mol. The molecule has 0 aliphatic carbocycles. The van der Waals surface area contributed by atoms with Crippen LogP contribution in [0.2, 0.25) is 0 Å². The maximum absolute atomic E-state index is 10.9. The van der Waals surface area contributed by atoms with E-state index in [-0.39, 0.29) is 16.7 Å². The van der Waals surface area contributed by atoms with Gasteiger partial charge >= 0.3 is 0 Å². The highest BCUT2D eigenvalue weighted by Gasteiger charge is 2.27. The highest BCUT2D eigenvalue weighted by Crippen LogP contribution is 2.17. The Hall–Kier alpha value is -2.54. The van der Waals surface area contributed by atoms with Gasteiger partial charge in [0.2, 0.25) is 5.95 Å². The Labute approximate surface area is 134 Å². The van der Waals surface area contributed by atoms with Gasteiger partial charge in [0.25, 0.3) is 5.69 Å². The van der Waals surface area contributed by atoms with Crippen LogP contribution in [0.25, 0.3) is 0 Å². The summed E-state index contributed by atoms with van der Waals surface area (Å²) in [6.07, 6.45) is 3.51. The number of non-ortho nitro benzene ring substituents is 1. The standard InChI is InChI=1S/C16H19N5O2/c1-13(14-4-2-5-15(12-14)21(22)23)19-8-10-20(11-9-19)16-17-6-3-7-18-16/h2-7,12-13H,8-11H2,1H3/p+1/t13-/m0/s1. The first kappa shape index (κ1) is 15.4. The molecule has 0 amide bonds. The molecule has 1 N–H and O–H groups in total. The summed E-state index contributed by atoms with van der Waals surface area (Å²) in [6.45, 7) is 5.82. The molecule has 1 aromatic carbocycles. The number of anilines is 1. The van der Waals surface area contributed by atoms with Crippen molar-refractivity contribution in [3.8, 4) is 0 Å². The average Bonchev–Trinajstić information content (AvgIpc) is 2.62. The van der Waals surface area contributed by atoms with E-state index in [1.807, 2.05) is 12.1 Å². The summed E-state index contributed by atoms with van der Waals surface area (Å²) in [5, 5.41) is 10.9. The van der Waals surface area contributed by atoms with Crippen LogP contribution in [0.1, 0.15) is 18.5 Å². The molecule has 1 fully saturated rings. The van der Waals surface area contributed by atoms with Crippen molar-refractivity contribution in [3.05, 3.63) is 58.4 Å². The van der Waals surface area contributed by atoms with E-state index in [0.717, 1.165) is 37.7 Å². The van der Waals surface area contributed by atoms with Gasteiger partial charge in [-0.05, 0) is 13.0 Å². The zero-order valence-corrected chi connectivity index (χ0v) is 13.1. The Balaban J connectivity index is 1.65. The number of quaternary nitrogens is 1. The molecule has 3 rings (SSSR count). The van der Waals surface area contributed by atoms with Crippen molar-refractivity contribution in [2.24, 2.45) is 0 Å². The molecule has 0 unspecified atom stereocenters. The minimum absolute atomic E-state index is 0.157. The van der Waals surface area contributed by atoms with Crippen LogP contribution in [0.15, 0.2) is 42.7 Å². The van der Waals surface area contributed by atoms with E-state index >= 15 is 0 Å². The third kappa shape index (κ3) is 3.45. The van der Waals surface area contributed by atoms with Gasteiger partial charge in [-0.3, -0.25) is 10.1 Å². The minimum Gasteiger partial charge on any atom is -0.330 e. The van der Waals surface area contributed by atoms with Crippen molar-refractivity contribution >= 4 is 11.6 Å². The first-order chi connectivity index (χ1) is 11.1. The molecule has 0 radical (unpaired) electrons. The summed E-state index contributed by atoms with van der Waals surface area (Å²) in [7, 11) is 0. The zero-order chi connectivity index (χ0) is 16.2. The van der Waals surface area contributed by atoms with Crippen LogP contribution in [0.4, 0.5) is 11.6 Å².